The van der Waals surface area contributed by atoms with Gasteiger partial charge in [0.15, 0.2) is 0 Å². The number of aliphatic hydroxyl groups excluding tert-OH is 1. The molecule has 1 amide bonds. The lowest BCUT2D eigenvalue weighted by molar-refractivity contribution is -0.122. The Kier molecular flexibility index (Phi) is 7.39. The van der Waals surface area contributed by atoms with E-state index in [1.807, 2.05) is 0 Å². The largest absolute Gasteiger partial charge is 0.396 e. The fourth-order valence-corrected chi connectivity index (χ4v) is 2.63. The van der Waals surface area contributed by atoms with Crippen molar-refractivity contribution in [2.45, 2.75) is 64.8 Å². The van der Waals surface area contributed by atoms with Crippen LogP contribution in [0.3, 0.4) is 0 Å². The van der Waals surface area contributed by atoms with E-state index in [2.05, 4.69) is 24.5 Å². The molecule has 1 rings (SSSR count). The molecule has 0 aromatic rings. The number of hydrogen-bond acceptors (Lipinski definition) is 3. The van der Waals surface area contributed by atoms with E-state index < -0.39 is 0 Å². The zero-order valence-corrected chi connectivity index (χ0v) is 12.5. The van der Waals surface area contributed by atoms with Gasteiger partial charge in [0.25, 0.3) is 0 Å². The molecule has 1 atom stereocenters. The number of amides is 1. The molecule has 0 bridgehead atoms. The van der Waals surface area contributed by atoms with Crippen LogP contribution in [0.4, 0.5) is 0 Å². The highest BCUT2D eigenvalue weighted by molar-refractivity contribution is 5.75. The molecule has 1 heterocycles. The standard InChI is InChI=1S/C15H30N2O2/c1-3-15(4-2,12-18)11-17-14(19)9-8-13-7-5-6-10-16-13/h13,16,18H,3-12H2,1-2H3,(H,17,19). The van der Waals surface area contributed by atoms with Crippen molar-refractivity contribution in [1.82, 2.24) is 10.6 Å². The Labute approximate surface area is 117 Å². The van der Waals surface area contributed by atoms with Gasteiger partial charge in [-0.3, -0.25) is 4.79 Å². The summed E-state index contributed by atoms with van der Waals surface area (Å²) in [5.41, 5.74) is -0.140. The monoisotopic (exact) mass is 270 g/mol. The first kappa shape index (κ1) is 16.4. The summed E-state index contributed by atoms with van der Waals surface area (Å²) in [7, 11) is 0. The normalized spacial score (nSPS) is 20.3. The van der Waals surface area contributed by atoms with E-state index in [-0.39, 0.29) is 17.9 Å². The Morgan fingerprint density at radius 1 is 1.37 bits per heavy atom. The second-order valence-corrected chi connectivity index (χ2v) is 5.83. The van der Waals surface area contributed by atoms with Crippen LogP contribution in [0.25, 0.3) is 0 Å². The van der Waals surface area contributed by atoms with Crippen molar-refractivity contribution in [3.05, 3.63) is 0 Å². The SMILES string of the molecule is CCC(CC)(CO)CNC(=O)CCC1CCCCN1. The van der Waals surface area contributed by atoms with E-state index in [4.69, 9.17) is 0 Å². The number of carbonyl (C=O) groups is 1. The fourth-order valence-electron chi connectivity index (χ4n) is 2.63. The number of rotatable bonds is 8. The average molecular weight is 270 g/mol. The minimum atomic E-state index is -0.140. The molecule has 4 heteroatoms. The second kappa shape index (κ2) is 8.54. The molecule has 0 radical (unpaired) electrons. The maximum Gasteiger partial charge on any atom is 0.220 e. The van der Waals surface area contributed by atoms with E-state index in [9.17, 15) is 9.90 Å². The molecule has 0 saturated carbocycles. The van der Waals surface area contributed by atoms with Gasteiger partial charge in [-0.25, -0.2) is 0 Å². The van der Waals surface area contributed by atoms with Gasteiger partial charge >= 0.3 is 0 Å². The maximum atomic E-state index is 11.9. The second-order valence-electron chi connectivity index (χ2n) is 5.83. The Morgan fingerprint density at radius 2 is 2.11 bits per heavy atom. The Hall–Kier alpha value is -0.610. The quantitative estimate of drug-likeness (QED) is 0.630. The lowest BCUT2D eigenvalue weighted by Crippen LogP contribution is -2.40. The van der Waals surface area contributed by atoms with Gasteiger partial charge in [0.05, 0.1) is 6.61 Å². The molecule has 0 aliphatic carbocycles. The van der Waals surface area contributed by atoms with Gasteiger partial charge in [0.2, 0.25) is 5.91 Å². The van der Waals surface area contributed by atoms with Crippen molar-refractivity contribution in [3.8, 4) is 0 Å². The molecule has 1 unspecified atom stereocenters. The highest BCUT2D eigenvalue weighted by Gasteiger charge is 2.25. The minimum absolute atomic E-state index is 0.118. The maximum absolute atomic E-state index is 11.9. The molecule has 1 saturated heterocycles. The summed E-state index contributed by atoms with van der Waals surface area (Å²) < 4.78 is 0. The lowest BCUT2D eigenvalue weighted by atomic mass is 9.83. The molecule has 112 valence electrons. The van der Waals surface area contributed by atoms with Gasteiger partial charge in [-0.15, -0.1) is 0 Å². The third kappa shape index (κ3) is 5.49. The molecule has 1 aliphatic rings. The molecule has 19 heavy (non-hydrogen) atoms. The van der Waals surface area contributed by atoms with Crippen LogP contribution in [0.15, 0.2) is 0 Å². The van der Waals surface area contributed by atoms with Crippen molar-refractivity contribution < 1.29 is 9.90 Å². The van der Waals surface area contributed by atoms with E-state index in [1.165, 1.54) is 19.3 Å². The minimum Gasteiger partial charge on any atom is -0.396 e. The smallest absolute Gasteiger partial charge is 0.220 e. The third-order valence-electron chi connectivity index (χ3n) is 4.63. The molecule has 4 nitrogen and oxygen atoms in total. The summed E-state index contributed by atoms with van der Waals surface area (Å²) in [6.07, 6.45) is 7.03. The molecule has 0 spiro atoms. The van der Waals surface area contributed by atoms with Crippen LogP contribution >= 0.6 is 0 Å². The summed E-state index contributed by atoms with van der Waals surface area (Å²) in [4.78, 5) is 11.9. The highest BCUT2D eigenvalue weighted by atomic mass is 16.3. The van der Waals surface area contributed by atoms with Crippen LogP contribution in [0.5, 0.6) is 0 Å². The number of hydrogen-bond donors (Lipinski definition) is 3. The number of nitrogens with one attached hydrogen (secondary N) is 2. The molecular formula is C15H30N2O2. The lowest BCUT2D eigenvalue weighted by Gasteiger charge is -2.29. The number of piperidine rings is 1. The molecule has 0 aromatic carbocycles. The van der Waals surface area contributed by atoms with Crippen molar-refractivity contribution in [1.29, 1.82) is 0 Å². The fraction of sp³-hybridized carbons (Fsp3) is 0.933. The zero-order valence-electron chi connectivity index (χ0n) is 12.5. The third-order valence-corrected chi connectivity index (χ3v) is 4.63. The summed E-state index contributed by atoms with van der Waals surface area (Å²) >= 11 is 0. The van der Waals surface area contributed by atoms with Gasteiger partial charge in [-0.1, -0.05) is 20.3 Å². The van der Waals surface area contributed by atoms with Gasteiger partial charge in [-0.2, -0.15) is 0 Å². The molecule has 1 aliphatic heterocycles. The highest BCUT2D eigenvalue weighted by Crippen LogP contribution is 2.24. The topological polar surface area (TPSA) is 61.4 Å². The van der Waals surface area contributed by atoms with Crippen LogP contribution in [0, 0.1) is 5.41 Å². The number of carbonyl (C=O) groups excluding carboxylic acids is 1. The van der Waals surface area contributed by atoms with Crippen molar-refractivity contribution in [2.24, 2.45) is 5.41 Å². The molecule has 1 fully saturated rings. The Balaban J connectivity index is 2.23. The molecular weight excluding hydrogens is 240 g/mol. The average Bonchev–Trinajstić information content (AvgIpc) is 2.48. The van der Waals surface area contributed by atoms with E-state index in [1.54, 1.807) is 0 Å². The van der Waals surface area contributed by atoms with Gasteiger partial charge in [0.1, 0.15) is 0 Å². The summed E-state index contributed by atoms with van der Waals surface area (Å²) in [6.45, 7) is 5.96. The zero-order chi connectivity index (χ0) is 14.1. The van der Waals surface area contributed by atoms with Crippen LogP contribution in [-0.2, 0) is 4.79 Å². The van der Waals surface area contributed by atoms with Gasteiger partial charge < -0.3 is 15.7 Å². The van der Waals surface area contributed by atoms with Crippen molar-refractivity contribution >= 4 is 5.91 Å². The first-order chi connectivity index (χ1) is 9.15. The summed E-state index contributed by atoms with van der Waals surface area (Å²) in [5.74, 6) is 0.118. The van der Waals surface area contributed by atoms with Crippen molar-refractivity contribution in [3.63, 3.8) is 0 Å². The van der Waals surface area contributed by atoms with Gasteiger partial charge in [-0.05, 0) is 38.6 Å². The summed E-state index contributed by atoms with van der Waals surface area (Å²) in [5, 5.41) is 15.9. The molecule has 3 N–H and O–H groups in total. The van der Waals surface area contributed by atoms with Crippen molar-refractivity contribution in [2.75, 3.05) is 19.7 Å². The first-order valence-electron chi connectivity index (χ1n) is 7.76. The Bertz CT molecular complexity index is 251. The van der Waals surface area contributed by atoms with Crippen LogP contribution in [0.1, 0.15) is 58.8 Å². The van der Waals surface area contributed by atoms with E-state index in [0.717, 1.165) is 25.8 Å². The Morgan fingerprint density at radius 3 is 2.63 bits per heavy atom. The van der Waals surface area contributed by atoms with E-state index >= 15 is 0 Å². The predicted octanol–water partition coefficient (Wildman–Crippen LogP) is 1.82. The predicted molar refractivity (Wildman–Crippen MR) is 78.0 cm³/mol. The van der Waals surface area contributed by atoms with E-state index in [0.29, 0.717) is 19.0 Å². The van der Waals surface area contributed by atoms with Crippen LogP contribution in [-0.4, -0.2) is 36.8 Å². The first-order valence-corrected chi connectivity index (χ1v) is 7.76. The molecule has 0 aromatic heterocycles. The summed E-state index contributed by atoms with van der Waals surface area (Å²) in [6, 6.07) is 0.513. The van der Waals surface area contributed by atoms with Gasteiger partial charge in [0, 0.05) is 24.4 Å². The number of aliphatic hydroxyl groups is 1. The van der Waals surface area contributed by atoms with Crippen LogP contribution < -0.4 is 10.6 Å². The van der Waals surface area contributed by atoms with Crippen LogP contribution in [0.2, 0.25) is 0 Å².